The van der Waals surface area contributed by atoms with Crippen LogP contribution in [0.4, 0.5) is 14.6 Å². The second kappa shape index (κ2) is 5.00. The maximum atomic E-state index is 12.6. The van der Waals surface area contributed by atoms with Crippen LogP contribution in [0.15, 0.2) is 6.07 Å². The van der Waals surface area contributed by atoms with Crippen LogP contribution in [0.5, 0.6) is 0 Å². The Morgan fingerprint density at radius 1 is 1.65 bits per heavy atom. The van der Waals surface area contributed by atoms with Gasteiger partial charge in [-0.3, -0.25) is 0 Å². The van der Waals surface area contributed by atoms with E-state index in [1.165, 1.54) is 0 Å². The van der Waals surface area contributed by atoms with Gasteiger partial charge >= 0.3 is 11.8 Å². The Hall–Kier alpha value is -1.83. The fourth-order valence-corrected chi connectivity index (χ4v) is 1.36. The molecule has 0 spiro atoms. The fourth-order valence-electron chi connectivity index (χ4n) is 1.09. The highest BCUT2D eigenvalue weighted by Gasteiger charge is 2.29. The monoisotopic (exact) mass is 266 g/mol. The molecule has 1 rings (SSSR count). The topological polar surface area (TPSA) is 82.3 Å². The number of pyridine rings is 1. The number of rotatable bonds is 3. The highest BCUT2D eigenvalue weighted by molar-refractivity contribution is 6.30. The third-order valence-corrected chi connectivity index (χ3v) is 2.10. The van der Waals surface area contributed by atoms with Crippen LogP contribution in [0, 0.1) is 10.1 Å². The summed E-state index contributed by atoms with van der Waals surface area (Å²) in [5, 5.41) is 9.65. The molecule has 9 heteroatoms. The van der Waals surface area contributed by atoms with Gasteiger partial charge in [-0.1, -0.05) is 0 Å². The molecular formula is C8H5ClF2N2O4. The van der Waals surface area contributed by atoms with Gasteiger partial charge in [0.15, 0.2) is 0 Å². The average molecular weight is 267 g/mol. The first-order chi connectivity index (χ1) is 7.88. The molecule has 0 saturated carbocycles. The van der Waals surface area contributed by atoms with Gasteiger partial charge in [-0.05, 0) is 21.5 Å². The Morgan fingerprint density at radius 2 is 2.24 bits per heavy atom. The largest absolute Gasteiger partial charge is 0.465 e. The smallest absolute Gasteiger partial charge is 0.366 e. The summed E-state index contributed by atoms with van der Waals surface area (Å²) in [7, 11) is 0.956. The minimum atomic E-state index is -3.09. The number of nitro groups is 1. The second-order valence-electron chi connectivity index (χ2n) is 2.78. The number of aromatic nitrogens is 1. The van der Waals surface area contributed by atoms with Gasteiger partial charge in [0.2, 0.25) is 0 Å². The standard InChI is InChI=1S/C8H5ClF2N2O4/c1-17-8(14)3-2-4(13(15)16)12-6(9)5(3)7(10)11/h2,7H,1H3. The molecule has 0 aliphatic rings. The summed E-state index contributed by atoms with van der Waals surface area (Å²) in [6.07, 6.45) is -3.09. The zero-order chi connectivity index (χ0) is 13.2. The van der Waals surface area contributed by atoms with Crippen LogP contribution in [0.2, 0.25) is 5.15 Å². The van der Waals surface area contributed by atoms with Crippen LogP contribution in [-0.2, 0) is 4.74 Å². The minimum Gasteiger partial charge on any atom is -0.465 e. The molecule has 0 atom stereocenters. The molecule has 0 aromatic carbocycles. The summed E-state index contributed by atoms with van der Waals surface area (Å²) in [5.41, 5.74) is -1.56. The van der Waals surface area contributed by atoms with E-state index in [4.69, 9.17) is 11.6 Å². The van der Waals surface area contributed by atoms with Crippen molar-refractivity contribution in [3.63, 3.8) is 0 Å². The highest BCUT2D eigenvalue weighted by atomic mass is 35.5. The van der Waals surface area contributed by atoms with Crippen molar-refractivity contribution in [2.45, 2.75) is 6.43 Å². The van der Waals surface area contributed by atoms with E-state index in [0.29, 0.717) is 6.07 Å². The number of methoxy groups -OCH3 is 1. The van der Waals surface area contributed by atoms with Crippen molar-refractivity contribution in [1.29, 1.82) is 0 Å². The molecule has 1 heterocycles. The van der Waals surface area contributed by atoms with Gasteiger partial charge in [-0.2, -0.15) is 0 Å². The van der Waals surface area contributed by atoms with Crippen molar-refractivity contribution in [2.24, 2.45) is 0 Å². The van der Waals surface area contributed by atoms with Crippen molar-refractivity contribution in [3.05, 3.63) is 32.5 Å². The second-order valence-corrected chi connectivity index (χ2v) is 3.14. The lowest BCUT2D eigenvalue weighted by atomic mass is 10.1. The average Bonchev–Trinajstić information content (AvgIpc) is 2.26. The molecule has 0 aliphatic carbocycles. The summed E-state index contributed by atoms with van der Waals surface area (Å²) in [6, 6.07) is 0.596. The van der Waals surface area contributed by atoms with E-state index in [2.05, 4.69) is 9.72 Å². The van der Waals surface area contributed by atoms with Crippen LogP contribution < -0.4 is 0 Å². The van der Waals surface area contributed by atoms with E-state index in [1.54, 1.807) is 0 Å². The van der Waals surface area contributed by atoms with E-state index in [9.17, 15) is 23.7 Å². The number of alkyl halides is 2. The van der Waals surface area contributed by atoms with E-state index >= 15 is 0 Å². The molecule has 92 valence electrons. The van der Waals surface area contributed by atoms with Gasteiger partial charge in [0.1, 0.15) is 0 Å². The number of carbonyl (C=O) groups excluding carboxylic acids is 1. The van der Waals surface area contributed by atoms with Crippen LogP contribution in [0.1, 0.15) is 22.3 Å². The summed E-state index contributed by atoms with van der Waals surface area (Å²) in [5.74, 6) is -1.95. The van der Waals surface area contributed by atoms with Crippen LogP contribution >= 0.6 is 11.6 Å². The Morgan fingerprint density at radius 3 is 2.65 bits per heavy atom. The Bertz CT molecular complexity index is 481. The lowest BCUT2D eigenvalue weighted by Crippen LogP contribution is -2.09. The molecule has 6 nitrogen and oxygen atoms in total. The molecular weight excluding hydrogens is 262 g/mol. The van der Waals surface area contributed by atoms with Crippen molar-refractivity contribution >= 4 is 23.4 Å². The first-order valence-corrected chi connectivity index (χ1v) is 4.47. The van der Waals surface area contributed by atoms with Crippen LogP contribution in [0.3, 0.4) is 0 Å². The van der Waals surface area contributed by atoms with E-state index in [0.717, 1.165) is 7.11 Å². The zero-order valence-corrected chi connectivity index (χ0v) is 9.07. The SMILES string of the molecule is COC(=O)c1cc([N+](=O)[O-])nc(Cl)c1C(F)F. The predicted molar refractivity (Wildman–Crippen MR) is 52.2 cm³/mol. The number of halogens is 3. The van der Waals surface area contributed by atoms with Crippen LogP contribution in [0.25, 0.3) is 0 Å². The van der Waals surface area contributed by atoms with Crippen molar-refractivity contribution in [1.82, 2.24) is 4.98 Å². The van der Waals surface area contributed by atoms with E-state index < -0.39 is 39.4 Å². The summed E-state index contributed by atoms with van der Waals surface area (Å²) in [6.45, 7) is 0. The summed E-state index contributed by atoms with van der Waals surface area (Å²) >= 11 is 5.37. The summed E-state index contributed by atoms with van der Waals surface area (Å²) < 4.78 is 29.5. The maximum Gasteiger partial charge on any atom is 0.366 e. The molecule has 0 aliphatic heterocycles. The number of nitrogens with zero attached hydrogens (tertiary/aromatic N) is 2. The lowest BCUT2D eigenvalue weighted by Gasteiger charge is -2.06. The number of ether oxygens (including phenoxy) is 1. The van der Waals surface area contributed by atoms with Crippen molar-refractivity contribution in [2.75, 3.05) is 7.11 Å². The predicted octanol–water partition coefficient (Wildman–Crippen LogP) is 2.37. The quantitative estimate of drug-likeness (QED) is 0.363. The first kappa shape index (κ1) is 13.2. The fraction of sp³-hybridized carbons (Fsp3) is 0.250. The third kappa shape index (κ3) is 2.64. The Balaban J connectivity index is 3.50. The van der Waals surface area contributed by atoms with Gasteiger partial charge in [0, 0.05) is 0 Å². The molecule has 1 aromatic rings. The van der Waals surface area contributed by atoms with E-state index in [-0.39, 0.29) is 0 Å². The van der Waals surface area contributed by atoms with Gasteiger partial charge < -0.3 is 14.9 Å². The lowest BCUT2D eigenvalue weighted by molar-refractivity contribution is -0.389. The Labute approximate surface area is 98.3 Å². The molecule has 1 aromatic heterocycles. The first-order valence-electron chi connectivity index (χ1n) is 4.09. The maximum absolute atomic E-state index is 12.6. The normalized spacial score (nSPS) is 10.4. The summed E-state index contributed by atoms with van der Waals surface area (Å²) in [4.78, 5) is 23.8. The van der Waals surface area contributed by atoms with Crippen LogP contribution in [-0.4, -0.2) is 23.0 Å². The third-order valence-electron chi connectivity index (χ3n) is 1.81. The van der Waals surface area contributed by atoms with Gasteiger partial charge in [-0.25, -0.2) is 13.6 Å². The molecule has 0 fully saturated rings. The van der Waals surface area contributed by atoms with E-state index in [1.807, 2.05) is 0 Å². The number of esters is 1. The molecule has 17 heavy (non-hydrogen) atoms. The highest BCUT2D eigenvalue weighted by Crippen LogP contribution is 2.31. The molecule has 0 saturated heterocycles. The van der Waals surface area contributed by atoms with Gasteiger partial charge in [0.05, 0.1) is 24.3 Å². The zero-order valence-electron chi connectivity index (χ0n) is 8.32. The number of hydrogen-bond acceptors (Lipinski definition) is 5. The number of carbonyl (C=O) groups is 1. The minimum absolute atomic E-state index is 0.596. The van der Waals surface area contributed by atoms with Crippen molar-refractivity contribution < 1.29 is 23.2 Å². The Kier molecular flexibility index (Phi) is 3.89. The molecule has 0 amide bonds. The van der Waals surface area contributed by atoms with Gasteiger partial charge in [-0.15, -0.1) is 0 Å². The molecule has 0 unspecified atom stereocenters. The molecule has 0 radical (unpaired) electrons. The number of hydrogen-bond donors (Lipinski definition) is 0. The molecule has 0 N–H and O–H groups in total. The molecule has 0 bridgehead atoms. The van der Waals surface area contributed by atoms with Crippen molar-refractivity contribution in [3.8, 4) is 0 Å². The van der Waals surface area contributed by atoms with Gasteiger partial charge in [0.25, 0.3) is 11.6 Å².